The molecule has 2 aromatic rings. The highest BCUT2D eigenvalue weighted by Gasteiger charge is 2.21. The number of carbonyl (C=O) groups is 2. The largest absolute Gasteiger partial charge is 0.461 e. The monoisotopic (exact) mass is 365 g/mol. The molecule has 6 nitrogen and oxygen atoms in total. The summed E-state index contributed by atoms with van der Waals surface area (Å²) in [6, 6.07) is 5.40. The van der Waals surface area contributed by atoms with Crippen molar-refractivity contribution < 1.29 is 18.7 Å². The minimum absolute atomic E-state index is 0.115. The lowest BCUT2D eigenvalue weighted by atomic mass is 10.3. The Morgan fingerprint density at radius 1 is 1.36 bits per heavy atom. The number of nitrogens with one attached hydrogen (secondary N) is 1. The van der Waals surface area contributed by atoms with Gasteiger partial charge in [-0.2, -0.15) is 0 Å². The summed E-state index contributed by atoms with van der Waals surface area (Å²) in [5, 5.41) is 4.75. The van der Waals surface area contributed by atoms with Crippen LogP contribution in [0.3, 0.4) is 0 Å². The number of rotatable bonds is 6. The summed E-state index contributed by atoms with van der Waals surface area (Å²) in [6.07, 6.45) is 0. The van der Waals surface area contributed by atoms with Crippen LogP contribution in [-0.2, 0) is 11.3 Å². The zero-order chi connectivity index (χ0) is 18.4. The van der Waals surface area contributed by atoms with Crippen LogP contribution < -0.4 is 5.32 Å². The molecule has 2 rings (SSSR count). The van der Waals surface area contributed by atoms with E-state index < -0.39 is 17.8 Å². The molecule has 0 radical (unpaired) electrons. The maximum Gasteiger partial charge on any atom is 0.357 e. The molecule has 0 aliphatic rings. The third kappa shape index (κ3) is 4.99. The fraction of sp³-hybridized carbons (Fsp3) is 0.353. The van der Waals surface area contributed by atoms with Crippen LogP contribution in [0.4, 0.5) is 14.9 Å². The fourth-order valence-electron chi connectivity index (χ4n) is 2.07. The second-order valence-electron chi connectivity index (χ2n) is 5.48. The number of anilines is 1. The van der Waals surface area contributed by atoms with E-state index >= 15 is 0 Å². The zero-order valence-corrected chi connectivity index (χ0v) is 15.1. The number of carbonyl (C=O) groups excluding carboxylic acids is 2. The Morgan fingerprint density at radius 3 is 2.72 bits per heavy atom. The minimum atomic E-state index is -0.501. The summed E-state index contributed by atoms with van der Waals surface area (Å²) in [5.41, 5.74) is 0.338. The molecule has 0 aliphatic heterocycles. The second kappa shape index (κ2) is 8.57. The van der Waals surface area contributed by atoms with Crippen LogP contribution in [0.25, 0.3) is 0 Å². The summed E-state index contributed by atoms with van der Waals surface area (Å²) in [4.78, 5) is 29.9. The van der Waals surface area contributed by atoms with Gasteiger partial charge >= 0.3 is 12.0 Å². The molecule has 2 amide bonds. The summed E-state index contributed by atoms with van der Waals surface area (Å²) in [7, 11) is 0. The number of aromatic nitrogens is 1. The van der Waals surface area contributed by atoms with Gasteiger partial charge in [0.25, 0.3) is 0 Å². The summed E-state index contributed by atoms with van der Waals surface area (Å²) in [5.74, 6) is -0.990. The molecule has 0 atom stereocenters. The van der Waals surface area contributed by atoms with E-state index in [1.165, 1.54) is 28.4 Å². The number of ether oxygens (including phenoxy) is 1. The van der Waals surface area contributed by atoms with Crippen molar-refractivity contribution in [3.8, 4) is 0 Å². The van der Waals surface area contributed by atoms with Crippen LogP contribution >= 0.6 is 11.3 Å². The Hall–Kier alpha value is -2.48. The van der Waals surface area contributed by atoms with Gasteiger partial charge in [-0.25, -0.2) is 19.0 Å². The summed E-state index contributed by atoms with van der Waals surface area (Å²) >= 11 is 1.27. The number of benzene rings is 1. The van der Waals surface area contributed by atoms with Crippen molar-refractivity contribution in [3.63, 3.8) is 0 Å². The Morgan fingerprint density at radius 2 is 2.08 bits per heavy atom. The number of hydrogen-bond acceptors (Lipinski definition) is 5. The van der Waals surface area contributed by atoms with Crippen LogP contribution in [0.1, 0.15) is 36.3 Å². The van der Waals surface area contributed by atoms with Crippen molar-refractivity contribution in [1.29, 1.82) is 0 Å². The van der Waals surface area contributed by atoms with E-state index in [0.717, 1.165) is 0 Å². The molecule has 0 saturated carbocycles. The molecule has 25 heavy (non-hydrogen) atoms. The van der Waals surface area contributed by atoms with Crippen LogP contribution in [0.2, 0.25) is 0 Å². The standard InChI is InChI=1S/C17H20FN3O3S/c1-4-24-16(22)14-10-25-15(19-14)9-21(11(2)3)17(23)20-13-8-6-5-7-12(13)18/h5-8,10-11H,4,9H2,1-3H3,(H,20,23). The highest BCUT2D eigenvalue weighted by Crippen LogP contribution is 2.18. The molecule has 1 heterocycles. The molecule has 0 bridgehead atoms. The van der Waals surface area contributed by atoms with Gasteiger partial charge in [0.1, 0.15) is 10.8 Å². The minimum Gasteiger partial charge on any atom is -0.461 e. The lowest BCUT2D eigenvalue weighted by molar-refractivity contribution is 0.0520. The van der Waals surface area contributed by atoms with E-state index in [1.807, 2.05) is 13.8 Å². The van der Waals surface area contributed by atoms with Crippen molar-refractivity contribution >= 4 is 29.0 Å². The number of nitrogens with zero attached hydrogens (tertiary/aromatic N) is 2. The fourth-order valence-corrected chi connectivity index (χ4v) is 2.83. The highest BCUT2D eigenvalue weighted by atomic mass is 32.1. The van der Waals surface area contributed by atoms with Crippen LogP contribution in [0, 0.1) is 5.82 Å². The molecule has 0 saturated heterocycles. The van der Waals surface area contributed by atoms with E-state index in [2.05, 4.69) is 10.3 Å². The Labute approximate surface area is 149 Å². The molecule has 0 unspecified atom stereocenters. The third-order valence-corrected chi connectivity index (χ3v) is 4.18. The average Bonchev–Trinajstić information content (AvgIpc) is 3.03. The number of thiazole rings is 1. The molecule has 1 N–H and O–H groups in total. The van der Waals surface area contributed by atoms with E-state index in [9.17, 15) is 14.0 Å². The summed E-state index contributed by atoms with van der Waals surface area (Å²) in [6.45, 7) is 5.90. The molecule has 1 aromatic heterocycles. The number of urea groups is 1. The number of halogens is 1. The van der Waals surface area contributed by atoms with Gasteiger partial charge in [0.05, 0.1) is 18.8 Å². The first-order valence-corrected chi connectivity index (χ1v) is 8.74. The van der Waals surface area contributed by atoms with Gasteiger partial charge in [-0.1, -0.05) is 12.1 Å². The lowest BCUT2D eigenvalue weighted by Crippen LogP contribution is -2.39. The maximum atomic E-state index is 13.7. The third-order valence-electron chi connectivity index (χ3n) is 3.34. The van der Waals surface area contributed by atoms with E-state index in [1.54, 1.807) is 24.4 Å². The second-order valence-corrected chi connectivity index (χ2v) is 6.42. The molecule has 8 heteroatoms. The van der Waals surface area contributed by atoms with Crippen molar-refractivity contribution in [2.24, 2.45) is 0 Å². The van der Waals surface area contributed by atoms with Gasteiger partial charge < -0.3 is 15.0 Å². The highest BCUT2D eigenvalue weighted by molar-refractivity contribution is 7.09. The van der Waals surface area contributed by atoms with Crippen LogP contribution in [0.15, 0.2) is 29.6 Å². The molecule has 0 aliphatic carbocycles. The van der Waals surface area contributed by atoms with Gasteiger partial charge in [-0.15, -0.1) is 11.3 Å². The number of hydrogen-bond donors (Lipinski definition) is 1. The SMILES string of the molecule is CCOC(=O)c1csc(CN(C(=O)Nc2ccccc2F)C(C)C)n1. The zero-order valence-electron chi connectivity index (χ0n) is 14.3. The van der Waals surface area contributed by atoms with Gasteiger partial charge in [0.2, 0.25) is 0 Å². The van der Waals surface area contributed by atoms with E-state index in [4.69, 9.17) is 4.74 Å². The Bertz CT molecular complexity index is 748. The first-order chi connectivity index (χ1) is 11.9. The number of amides is 2. The van der Waals surface area contributed by atoms with Crippen molar-refractivity contribution in [1.82, 2.24) is 9.88 Å². The molecular weight excluding hydrogens is 345 g/mol. The number of esters is 1. The van der Waals surface area contributed by atoms with Crippen LogP contribution in [-0.4, -0.2) is 34.5 Å². The van der Waals surface area contributed by atoms with Crippen molar-refractivity contribution in [2.45, 2.75) is 33.4 Å². The predicted octanol–water partition coefficient (Wildman–Crippen LogP) is 3.90. The predicted molar refractivity (Wildman–Crippen MR) is 94.2 cm³/mol. The average molecular weight is 365 g/mol. The van der Waals surface area contributed by atoms with E-state index in [-0.39, 0.29) is 30.6 Å². The van der Waals surface area contributed by atoms with Crippen LogP contribution in [0.5, 0.6) is 0 Å². The Kier molecular flexibility index (Phi) is 6.46. The molecule has 1 aromatic carbocycles. The molecule has 0 spiro atoms. The number of para-hydroxylation sites is 1. The topological polar surface area (TPSA) is 71.5 Å². The maximum absolute atomic E-state index is 13.7. The van der Waals surface area contributed by atoms with Crippen molar-refractivity contribution in [2.75, 3.05) is 11.9 Å². The van der Waals surface area contributed by atoms with Gasteiger partial charge in [-0.05, 0) is 32.9 Å². The first-order valence-electron chi connectivity index (χ1n) is 7.86. The van der Waals surface area contributed by atoms with Gasteiger partial charge in [0, 0.05) is 11.4 Å². The van der Waals surface area contributed by atoms with E-state index in [0.29, 0.717) is 5.01 Å². The first kappa shape index (κ1) is 18.9. The summed E-state index contributed by atoms with van der Waals surface area (Å²) < 4.78 is 18.6. The van der Waals surface area contributed by atoms with Gasteiger partial charge in [0.15, 0.2) is 5.69 Å². The smallest absolute Gasteiger partial charge is 0.357 e. The van der Waals surface area contributed by atoms with Gasteiger partial charge in [-0.3, -0.25) is 0 Å². The molecular formula is C17H20FN3O3S. The molecule has 0 fully saturated rings. The normalized spacial score (nSPS) is 10.6. The quantitative estimate of drug-likeness (QED) is 0.788. The molecule has 134 valence electrons. The Balaban J connectivity index is 2.09. The van der Waals surface area contributed by atoms with Crippen molar-refractivity contribution in [3.05, 3.63) is 46.2 Å². The lowest BCUT2D eigenvalue weighted by Gasteiger charge is -2.26.